The van der Waals surface area contributed by atoms with Crippen molar-refractivity contribution in [2.75, 3.05) is 13.7 Å². The first-order valence-electron chi connectivity index (χ1n) is 8.44. The molecule has 144 valence electrons. The lowest BCUT2D eigenvalue weighted by Crippen LogP contribution is -2.37. The molecule has 0 aliphatic carbocycles. The minimum Gasteiger partial charge on any atom is -0.497 e. The van der Waals surface area contributed by atoms with E-state index in [1.807, 2.05) is 6.92 Å². The number of carbonyl (C=O) groups is 2. The number of methoxy groups -OCH3 is 1. The Morgan fingerprint density at radius 1 is 0.963 bits per heavy atom. The highest BCUT2D eigenvalue weighted by Crippen LogP contribution is 2.20. The second-order valence-electron chi connectivity index (χ2n) is 5.92. The van der Waals surface area contributed by atoms with Crippen molar-refractivity contribution in [3.8, 4) is 17.2 Å². The molecule has 0 heterocycles. The molecule has 0 radical (unpaired) electrons. The number of carboxylic acid groups (broad SMARTS) is 1. The first-order valence-corrected chi connectivity index (χ1v) is 8.44. The first kappa shape index (κ1) is 20.1. The highest BCUT2D eigenvalue weighted by molar-refractivity contribution is 5.81. The number of hydrogen-bond acceptors (Lipinski definition) is 5. The minimum absolute atomic E-state index is 0.243. The van der Waals surface area contributed by atoms with Crippen LogP contribution in [0.15, 0.2) is 48.5 Å². The molecule has 2 aromatic carbocycles. The number of carbonyl (C=O) groups excluding carboxylic acids is 1. The van der Waals surface area contributed by atoms with E-state index < -0.39 is 18.7 Å². The van der Waals surface area contributed by atoms with E-state index in [0.717, 1.165) is 5.56 Å². The third-order valence-electron chi connectivity index (χ3n) is 3.84. The lowest BCUT2D eigenvalue weighted by atomic mass is 10.1. The van der Waals surface area contributed by atoms with Crippen molar-refractivity contribution in [1.29, 1.82) is 0 Å². The molecular weight excluding hydrogens is 350 g/mol. The topological polar surface area (TPSA) is 94.1 Å². The maximum atomic E-state index is 12.3. The van der Waals surface area contributed by atoms with Crippen LogP contribution in [0.5, 0.6) is 17.2 Å². The molecule has 0 bridgehead atoms. The molecule has 2 atom stereocenters. The summed E-state index contributed by atoms with van der Waals surface area (Å²) in [5.74, 6) is 0.459. The highest BCUT2D eigenvalue weighted by Gasteiger charge is 2.18. The lowest BCUT2D eigenvalue weighted by molar-refractivity contribution is -0.139. The summed E-state index contributed by atoms with van der Waals surface area (Å²) in [5.41, 5.74) is 0.864. The fourth-order valence-electron chi connectivity index (χ4n) is 2.32. The number of hydrogen-bond donors (Lipinski definition) is 2. The van der Waals surface area contributed by atoms with Gasteiger partial charge in [-0.2, -0.15) is 0 Å². The molecule has 2 rings (SSSR count). The standard InChI is InChI=1S/C20H23NO6/c1-13(15-4-6-17(7-5-15)26-12-19(22)23)21-20(24)14(2)27-18-10-8-16(25-3)9-11-18/h4-11,13-14H,12H2,1-3H3,(H,21,24)(H,22,23). The van der Waals surface area contributed by atoms with E-state index >= 15 is 0 Å². The maximum absolute atomic E-state index is 12.3. The Labute approximate surface area is 157 Å². The molecule has 0 aliphatic rings. The van der Waals surface area contributed by atoms with Crippen LogP contribution < -0.4 is 19.5 Å². The summed E-state index contributed by atoms with van der Waals surface area (Å²) in [5, 5.41) is 11.5. The van der Waals surface area contributed by atoms with Crippen molar-refractivity contribution >= 4 is 11.9 Å². The highest BCUT2D eigenvalue weighted by atomic mass is 16.5. The summed E-state index contributed by atoms with van der Waals surface area (Å²) in [6.07, 6.45) is -0.668. The average Bonchev–Trinajstić information content (AvgIpc) is 2.67. The summed E-state index contributed by atoms with van der Waals surface area (Å²) >= 11 is 0. The van der Waals surface area contributed by atoms with Gasteiger partial charge in [0.1, 0.15) is 17.2 Å². The molecule has 2 N–H and O–H groups in total. The Bertz CT molecular complexity index is 757. The molecular formula is C20H23NO6. The Hall–Kier alpha value is -3.22. The molecule has 7 heteroatoms. The monoisotopic (exact) mass is 373 g/mol. The van der Waals surface area contributed by atoms with Gasteiger partial charge >= 0.3 is 5.97 Å². The third-order valence-corrected chi connectivity index (χ3v) is 3.84. The Kier molecular flexibility index (Phi) is 7.05. The van der Waals surface area contributed by atoms with Crippen LogP contribution in [0.1, 0.15) is 25.5 Å². The molecule has 0 spiro atoms. The van der Waals surface area contributed by atoms with Gasteiger partial charge in [0.25, 0.3) is 5.91 Å². The summed E-state index contributed by atoms with van der Waals surface area (Å²) in [6.45, 7) is 3.13. The van der Waals surface area contributed by atoms with E-state index in [2.05, 4.69) is 5.32 Å². The Morgan fingerprint density at radius 2 is 1.52 bits per heavy atom. The molecule has 2 aromatic rings. The van der Waals surface area contributed by atoms with Crippen molar-refractivity contribution in [1.82, 2.24) is 5.32 Å². The van der Waals surface area contributed by atoms with Gasteiger partial charge in [-0.1, -0.05) is 12.1 Å². The van der Waals surface area contributed by atoms with Crippen LogP contribution in [0.2, 0.25) is 0 Å². The van der Waals surface area contributed by atoms with Crippen molar-refractivity contribution in [2.45, 2.75) is 26.0 Å². The van der Waals surface area contributed by atoms with Gasteiger partial charge in [0.05, 0.1) is 13.2 Å². The fraction of sp³-hybridized carbons (Fsp3) is 0.300. The van der Waals surface area contributed by atoms with Crippen LogP contribution in [0.4, 0.5) is 0 Å². The van der Waals surface area contributed by atoms with E-state index in [4.69, 9.17) is 19.3 Å². The molecule has 0 aromatic heterocycles. The Balaban J connectivity index is 1.88. The normalized spacial score (nSPS) is 12.6. The van der Waals surface area contributed by atoms with E-state index in [9.17, 15) is 9.59 Å². The second kappa shape index (κ2) is 9.47. The van der Waals surface area contributed by atoms with Gasteiger partial charge in [-0.25, -0.2) is 4.79 Å². The molecule has 0 saturated carbocycles. The number of amides is 1. The lowest BCUT2D eigenvalue weighted by Gasteiger charge is -2.19. The van der Waals surface area contributed by atoms with Gasteiger partial charge in [-0.15, -0.1) is 0 Å². The van der Waals surface area contributed by atoms with Gasteiger partial charge in [-0.3, -0.25) is 4.79 Å². The van der Waals surface area contributed by atoms with E-state index in [1.165, 1.54) is 0 Å². The van der Waals surface area contributed by atoms with Gasteiger partial charge in [0.2, 0.25) is 0 Å². The predicted molar refractivity (Wildman–Crippen MR) is 99.2 cm³/mol. The van der Waals surface area contributed by atoms with Crippen LogP contribution >= 0.6 is 0 Å². The van der Waals surface area contributed by atoms with Gasteiger partial charge in [0.15, 0.2) is 12.7 Å². The van der Waals surface area contributed by atoms with E-state index in [1.54, 1.807) is 62.6 Å². The van der Waals surface area contributed by atoms with Crippen molar-refractivity contribution in [2.24, 2.45) is 0 Å². The third kappa shape index (κ3) is 6.22. The molecule has 27 heavy (non-hydrogen) atoms. The second-order valence-corrected chi connectivity index (χ2v) is 5.92. The number of ether oxygens (including phenoxy) is 3. The Morgan fingerprint density at radius 3 is 2.07 bits per heavy atom. The summed E-state index contributed by atoms with van der Waals surface area (Å²) in [7, 11) is 1.58. The zero-order valence-electron chi connectivity index (χ0n) is 15.5. The molecule has 0 aliphatic heterocycles. The number of aliphatic carboxylic acids is 1. The SMILES string of the molecule is COc1ccc(OC(C)C(=O)NC(C)c2ccc(OCC(=O)O)cc2)cc1. The quantitative estimate of drug-likeness (QED) is 0.702. The molecule has 2 unspecified atom stereocenters. The summed E-state index contributed by atoms with van der Waals surface area (Å²) in [6, 6.07) is 13.6. The van der Waals surface area contributed by atoms with Crippen molar-refractivity contribution in [3.05, 3.63) is 54.1 Å². The van der Waals surface area contributed by atoms with Crippen LogP contribution in [0.3, 0.4) is 0 Å². The number of benzene rings is 2. The van der Waals surface area contributed by atoms with Crippen LogP contribution in [-0.2, 0) is 9.59 Å². The first-order chi connectivity index (χ1) is 12.9. The van der Waals surface area contributed by atoms with Crippen molar-refractivity contribution in [3.63, 3.8) is 0 Å². The molecule has 0 fully saturated rings. The number of rotatable bonds is 9. The van der Waals surface area contributed by atoms with Crippen molar-refractivity contribution < 1.29 is 28.9 Å². The minimum atomic E-state index is -1.04. The maximum Gasteiger partial charge on any atom is 0.341 e. The smallest absolute Gasteiger partial charge is 0.341 e. The predicted octanol–water partition coefficient (Wildman–Crippen LogP) is 2.80. The van der Waals surface area contributed by atoms with Crippen LogP contribution in [0.25, 0.3) is 0 Å². The average molecular weight is 373 g/mol. The zero-order valence-corrected chi connectivity index (χ0v) is 15.5. The van der Waals surface area contributed by atoms with Gasteiger partial charge in [-0.05, 0) is 55.8 Å². The van der Waals surface area contributed by atoms with Gasteiger partial charge < -0.3 is 24.6 Å². The van der Waals surface area contributed by atoms with E-state index in [0.29, 0.717) is 17.2 Å². The summed E-state index contributed by atoms with van der Waals surface area (Å²) < 4.78 is 15.8. The molecule has 0 saturated heterocycles. The molecule has 7 nitrogen and oxygen atoms in total. The van der Waals surface area contributed by atoms with Gasteiger partial charge in [0, 0.05) is 0 Å². The molecule has 1 amide bonds. The number of carboxylic acids is 1. The van der Waals surface area contributed by atoms with Crippen LogP contribution in [-0.4, -0.2) is 36.8 Å². The largest absolute Gasteiger partial charge is 0.497 e. The zero-order chi connectivity index (χ0) is 19.8. The fourth-order valence-corrected chi connectivity index (χ4v) is 2.32. The number of nitrogens with one attached hydrogen (secondary N) is 1. The summed E-state index contributed by atoms with van der Waals surface area (Å²) in [4.78, 5) is 22.9. The van der Waals surface area contributed by atoms with Crippen LogP contribution in [0, 0.1) is 0 Å². The van der Waals surface area contributed by atoms with E-state index in [-0.39, 0.29) is 11.9 Å².